The fourth-order valence-corrected chi connectivity index (χ4v) is 3.83. The maximum Gasteiger partial charge on any atom is 0.253 e. The summed E-state index contributed by atoms with van der Waals surface area (Å²) in [5.74, 6) is 0.259. The third kappa shape index (κ3) is 3.14. The van der Waals surface area contributed by atoms with Crippen molar-refractivity contribution in [2.24, 2.45) is 5.92 Å². The van der Waals surface area contributed by atoms with E-state index in [1.165, 1.54) is 6.20 Å². The summed E-state index contributed by atoms with van der Waals surface area (Å²) in [5, 5.41) is 11.9. The van der Waals surface area contributed by atoms with Crippen molar-refractivity contribution >= 4 is 5.91 Å². The first-order valence-corrected chi connectivity index (χ1v) is 8.45. The van der Waals surface area contributed by atoms with Gasteiger partial charge in [-0.2, -0.15) is 5.26 Å². The van der Waals surface area contributed by atoms with E-state index in [0.717, 1.165) is 24.8 Å². The number of nitrogens with zero attached hydrogens (tertiary/aromatic N) is 2. The van der Waals surface area contributed by atoms with Gasteiger partial charge in [0, 0.05) is 23.8 Å². The molecule has 2 fully saturated rings. The highest BCUT2D eigenvalue weighted by molar-refractivity contribution is 5.94. The molecule has 3 N–H and O–H groups in total. The third-order valence-corrected chi connectivity index (χ3v) is 5.13. The molecule has 7 nitrogen and oxygen atoms in total. The Balaban J connectivity index is 1.42. The first kappa shape index (κ1) is 15.8. The van der Waals surface area contributed by atoms with Crippen LogP contribution in [0.15, 0.2) is 41.3 Å². The fraction of sp³-hybridized carbons (Fsp3) is 0.389. The Morgan fingerprint density at radius 2 is 2.24 bits per heavy atom. The summed E-state index contributed by atoms with van der Waals surface area (Å²) >= 11 is 0. The topological polar surface area (TPSA) is 103 Å². The number of furan rings is 1. The number of rotatable bonds is 3. The smallest absolute Gasteiger partial charge is 0.253 e. The van der Waals surface area contributed by atoms with Gasteiger partial charge in [0.15, 0.2) is 0 Å². The Bertz CT molecular complexity index is 781. The number of carbonyl (C=O) groups excluding carboxylic acids is 1. The molecular formula is C18H19N5O2. The van der Waals surface area contributed by atoms with E-state index in [9.17, 15) is 4.79 Å². The summed E-state index contributed by atoms with van der Waals surface area (Å²) in [5.41, 5.74) is 8.64. The Kier molecular flexibility index (Phi) is 4.22. The predicted molar refractivity (Wildman–Crippen MR) is 89.1 cm³/mol. The first-order chi connectivity index (χ1) is 12.2. The minimum absolute atomic E-state index is 0.125. The maximum absolute atomic E-state index is 12.4. The highest BCUT2D eigenvalue weighted by Gasteiger charge is 2.41. The lowest BCUT2D eigenvalue weighted by Gasteiger charge is -2.33. The zero-order valence-corrected chi connectivity index (χ0v) is 13.6. The second kappa shape index (κ2) is 6.67. The van der Waals surface area contributed by atoms with Gasteiger partial charge in [-0.05, 0) is 43.4 Å². The lowest BCUT2D eigenvalue weighted by molar-refractivity contribution is 0.0915. The van der Waals surface area contributed by atoms with Crippen LogP contribution >= 0.6 is 0 Å². The molecule has 1 saturated carbocycles. The molecule has 2 aliphatic rings. The van der Waals surface area contributed by atoms with Crippen LogP contribution in [0, 0.1) is 17.2 Å². The number of hydrogen-bond acceptors (Lipinski definition) is 6. The zero-order valence-electron chi connectivity index (χ0n) is 13.6. The first-order valence-electron chi connectivity index (χ1n) is 8.45. The molecule has 0 radical (unpaired) electrons. The van der Waals surface area contributed by atoms with Gasteiger partial charge in [0.25, 0.3) is 5.91 Å². The number of hydrogen-bond donors (Lipinski definition) is 3. The summed E-state index contributed by atoms with van der Waals surface area (Å²) in [6.07, 6.45) is 7.74. The van der Waals surface area contributed by atoms with E-state index in [4.69, 9.17) is 9.68 Å². The number of carbonyl (C=O) groups is 1. The zero-order chi connectivity index (χ0) is 17.2. The van der Waals surface area contributed by atoms with Crippen LogP contribution < -0.4 is 16.2 Å². The van der Waals surface area contributed by atoms with Crippen molar-refractivity contribution in [1.29, 1.82) is 5.26 Å². The molecule has 3 heterocycles. The molecule has 128 valence electrons. The van der Waals surface area contributed by atoms with Crippen LogP contribution in [-0.4, -0.2) is 23.0 Å². The number of amides is 1. The van der Waals surface area contributed by atoms with Crippen molar-refractivity contribution in [3.8, 4) is 6.07 Å². The number of nitriles is 1. The molecule has 1 saturated heterocycles. The molecule has 4 rings (SSSR count). The van der Waals surface area contributed by atoms with Crippen LogP contribution in [0.5, 0.6) is 0 Å². The molecule has 7 heteroatoms. The third-order valence-electron chi connectivity index (χ3n) is 5.13. The van der Waals surface area contributed by atoms with Crippen LogP contribution in [0.2, 0.25) is 0 Å². The van der Waals surface area contributed by atoms with Crippen LogP contribution in [0.1, 0.15) is 46.9 Å². The van der Waals surface area contributed by atoms with Gasteiger partial charge in [0.2, 0.25) is 0 Å². The molecule has 2 aromatic heterocycles. The molecule has 25 heavy (non-hydrogen) atoms. The van der Waals surface area contributed by atoms with Crippen molar-refractivity contribution in [1.82, 2.24) is 21.2 Å². The van der Waals surface area contributed by atoms with Gasteiger partial charge in [-0.1, -0.05) is 0 Å². The highest BCUT2D eigenvalue weighted by atomic mass is 16.3. The molecule has 4 unspecified atom stereocenters. The average molecular weight is 337 g/mol. The van der Waals surface area contributed by atoms with E-state index < -0.39 is 0 Å². The van der Waals surface area contributed by atoms with Gasteiger partial charge in [0.05, 0.1) is 24.1 Å². The summed E-state index contributed by atoms with van der Waals surface area (Å²) in [6, 6.07) is 7.86. The largest absolute Gasteiger partial charge is 0.472 e. The van der Waals surface area contributed by atoms with Crippen molar-refractivity contribution in [2.45, 2.75) is 37.4 Å². The molecule has 4 atom stereocenters. The molecule has 0 spiro atoms. The standard InChI is InChI=1S/C18H19N5O2/c19-8-14-2-1-11(9-20-14)18(24)21-13-3-4-16-15(7-13)17(23-22-16)12-5-6-25-10-12/h1-2,5-6,9-10,13,15-17,22-23H,3-4,7H2,(H,21,24). The van der Waals surface area contributed by atoms with E-state index in [2.05, 4.69) is 21.2 Å². The van der Waals surface area contributed by atoms with Gasteiger partial charge in [-0.15, -0.1) is 0 Å². The van der Waals surface area contributed by atoms with Crippen LogP contribution in [0.25, 0.3) is 0 Å². The van der Waals surface area contributed by atoms with Gasteiger partial charge in [-0.3, -0.25) is 10.2 Å². The predicted octanol–water partition coefficient (Wildman–Crippen LogP) is 1.66. The van der Waals surface area contributed by atoms with Crippen molar-refractivity contribution in [3.05, 3.63) is 53.7 Å². The molecule has 1 aliphatic heterocycles. The van der Waals surface area contributed by atoms with Gasteiger partial charge >= 0.3 is 0 Å². The fourth-order valence-electron chi connectivity index (χ4n) is 3.83. The number of pyridine rings is 1. The van der Waals surface area contributed by atoms with Gasteiger partial charge in [0.1, 0.15) is 11.8 Å². The van der Waals surface area contributed by atoms with Gasteiger partial charge in [-0.25, -0.2) is 10.4 Å². The van der Waals surface area contributed by atoms with E-state index in [1.54, 1.807) is 24.7 Å². The number of nitrogens with one attached hydrogen (secondary N) is 3. The van der Waals surface area contributed by atoms with Crippen LogP contribution in [-0.2, 0) is 0 Å². The van der Waals surface area contributed by atoms with Crippen LogP contribution in [0.3, 0.4) is 0 Å². The monoisotopic (exact) mass is 337 g/mol. The van der Waals surface area contributed by atoms with E-state index in [-0.39, 0.29) is 18.0 Å². The molecule has 0 bridgehead atoms. The lowest BCUT2D eigenvalue weighted by atomic mass is 9.77. The summed E-state index contributed by atoms with van der Waals surface area (Å²) in [4.78, 5) is 16.4. The second-order valence-electron chi connectivity index (χ2n) is 6.62. The second-order valence-corrected chi connectivity index (χ2v) is 6.62. The maximum atomic E-state index is 12.4. The molecule has 1 amide bonds. The Hall–Kier alpha value is -2.69. The molecule has 0 aromatic carbocycles. The molecular weight excluding hydrogens is 318 g/mol. The van der Waals surface area contributed by atoms with Crippen molar-refractivity contribution < 1.29 is 9.21 Å². The molecule has 1 aliphatic carbocycles. The van der Waals surface area contributed by atoms with E-state index in [1.807, 2.05) is 12.1 Å². The lowest BCUT2D eigenvalue weighted by Crippen LogP contribution is -2.44. The van der Waals surface area contributed by atoms with Gasteiger partial charge < -0.3 is 9.73 Å². The summed E-state index contributed by atoms with van der Waals surface area (Å²) in [6.45, 7) is 0. The minimum Gasteiger partial charge on any atom is -0.472 e. The number of hydrazine groups is 1. The van der Waals surface area contributed by atoms with Crippen molar-refractivity contribution in [2.75, 3.05) is 0 Å². The van der Waals surface area contributed by atoms with Crippen molar-refractivity contribution in [3.63, 3.8) is 0 Å². The molecule has 2 aromatic rings. The van der Waals surface area contributed by atoms with E-state index in [0.29, 0.717) is 23.2 Å². The Labute approximate surface area is 145 Å². The van der Waals surface area contributed by atoms with Crippen LogP contribution in [0.4, 0.5) is 0 Å². The SMILES string of the molecule is N#Cc1ccc(C(=O)NC2CCC3NNC(c4ccoc4)C3C2)cn1. The Morgan fingerprint density at radius 3 is 2.96 bits per heavy atom. The number of aromatic nitrogens is 1. The normalized spacial score (nSPS) is 28.1. The Morgan fingerprint density at radius 1 is 1.32 bits per heavy atom. The number of fused-ring (bicyclic) bond motifs is 1. The minimum atomic E-state index is -0.140. The average Bonchev–Trinajstić information content (AvgIpc) is 3.30. The quantitative estimate of drug-likeness (QED) is 0.787. The summed E-state index contributed by atoms with van der Waals surface area (Å²) in [7, 11) is 0. The van der Waals surface area contributed by atoms with E-state index >= 15 is 0 Å². The summed E-state index contributed by atoms with van der Waals surface area (Å²) < 4.78 is 5.21. The highest BCUT2D eigenvalue weighted by Crippen LogP contribution is 2.38.